The van der Waals surface area contributed by atoms with Gasteiger partial charge in [0.05, 0.1) is 18.8 Å². The number of carbonyl (C=O) groups is 1. The first-order chi connectivity index (χ1) is 7.94. The molecule has 17 heavy (non-hydrogen) atoms. The number of hydrogen-bond donors (Lipinski definition) is 2. The first-order valence-corrected chi connectivity index (χ1v) is 6.24. The quantitative estimate of drug-likeness (QED) is 0.580. The van der Waals surface area contributed by atoms with Crippen molar-refractivity contribution in [2.24, 2.45) is 11.7 Å². The summed E-state index contributed by atoms with van der Waals surface area (Å²) in [6.07, 6.45) is 2.14. The van der Waals surface area contributed by atoms with Gasteiger partial charge in [0.1, 0.15) is 0 Å². The molecule has 1 unspecified atom stereocenters. The Balaban J connectivity index is 2.04. The van der Waals surface area contributed by atoms with Gasteiger partial charge in [0.25, 0.3) is 0 Å². The lowest BCUT2D eigenvalue weighted by molar-refractivity contribution is -0.126. The minimum atomic E-state index is -0.705. The van der Waals surface area contributed by atoms with Gasteiger partial charge >= 0.3 is 0 Å². The fourth-order valence-electron chi connectivity index (χ4n) is 1.64. The molecule has 0 radical (unpaired) electrons. The van der Waals surface area contributed by atoms with Crippen LogP contribution in [-0.2, 0) is 9.53 Å². The number of nitrogens with two attached hydrogens (primary N) is 1. The molecule has 1 rings (SSSR count). The third kappa shape index (κ3) is 5.02. The molecule has 1 aliphatic carbocycles. The number of nitrogens with zero attached hydrogens (tertiary/aromatic N) is 1. The van der Waals surface area contributed by atoms with Crippen LogP contribution < -0.4 is 11.1 Å². The van der Waals surface area contributed by atoms with E-state index in [1.807, 2.05) is 21.0 Å². The van der Waals surface area contributed by atoms with Crippen molar-refractivity contribution in [3.05, 3.63) is 0 Å². The van der Waals surface area contributed by atoms with Crippen molar-refractivity contribution >= 4 is 5.91 Å². The fraction of sp³-hybridized carbons (Fsp3) is 0.917. The van der Waals surface area contributed by atoms with Crippen LogP contribution in [0.25, 0.3) is 0 Å². The molecule has 1 saturated carbocycles. The van der Waals surface area contributed by atoms with E-state index < -0.39 is 5.54 Å². The van der Waals surface area contributed by atoms with E-state index in [4.69, 9.17) is 10.5 Å². The van der Waals surface area contributed by atoms with Crippen molar-refractivity contribution < 1.29 is 9.53 Å². The molecule has 1 amide bonds. The molecule has 3 N–H and O–H groups in total. The summed E-state index contributed by atoms with van der Waals surface area (Å²) in [6.45, 7) is 4.47. The predicted molar refractivity (Wildman–Crippen MR) is 67.7 cm³/mol. The minimum absolute atomic E-state index is 0.0591. The van der Waals surface area contributed by atoms with Crippen LogP contribution in [0, 0.1) is 5.92 Å². The molecule has 0 saturated heterocycles. The first-order valence-electron chi connectivity index (χ1n) is 6.24. The minimum Gasteiger partial charge on any atom is -0.378 e. The van der Waals surface area contributed by atoms with Crippen LogP contribution >= 0.6 is 0 Å². The molecule has 1 aliphatic rings. The highest BCUT2D eigenvalue weighted by Gasteiger charge is 2.43. The van der Waals surface area contributed by atoms with Gasteiger partial charge in [-0.25, -0.2) is 0 Å². The van der Waals surface area contributed by atoms with Crippen molar-refractivity contribution in [1.29, 1.82) is 0 Å². The SMILES string of the molecule is CN(C)CCOCCNC(=O)C(C)(N)C1CC1. The van der Waals surface area contributed by atoms with E-state index in [0.717, 1.165) is 19.4 Å². The van der Waals surface area contributed by atoms with Gasteiger partial charge in [0.2, 0.25) is 5.91 Å². The summed E-state index contributed by atoms with van der Waals surface area (Å²) in [6, 6.07) is 0. The third-order valence-electron chi connectivity index (χ3n) is 3.13. The Morgan fingerprint density at radius 2 is 2.12 bits per heavy atom. The number of carbonyl (C=O) groups excluding carboxylic acids is 1. The lowest BCUT2D eigenvalue weighted by Crippen LogP contribution is -2.53. The summed E-state index contributed by atoms with van der Waals surface area (Å²) in [5, 5.41) is 2.83. The second-order valence-corrected chi connectivity index (χ2v) is 5.23. The van der Waals surface area contributed by atoms with Gasteiger partial charge in [-0.05, 0) is 39.8 Å². The number of ether oxygens (including phenoxy) is 1. The van der Waals surface area contributed by atoms with Gasteiger partial charge in [-0.1, -0.05) is 0 Å². The Morgan fingerprint density at radius 1 is 1.47 bits per heavy atom. The highest BCUT2D eigenvalue weighted by Crippen LogP contribution is 2.37. The maximum atomic E-state index is 11.8. The highest BCUT2D eigenvalue weighted by atomic mass is 16.5. The van der Waals surface area contributed by atoms with E-state index in [9.17, 15) is 4.79 Å². The molecular weight excluding hydrogens is 218 g/mol. The number of rotatable bonds is 8. The van der Waals surface area contributed by atoms with Crippen LogP contribution in [0.4, 0.5) is 0 Å². The monoisotopic (exact) mass is 243 g/mol. The Morgan fingerprint density at radius 3 is 2.65 bits per heavy atom. The van der Waals surface area contributed by atoms with Crippen molar-refractivity contribution in [2.45, 2.75) is 25.3 Å². The van der Waals surface area contributed by atoms with Crippen molar-refractivity contribution in [3.63, 3.8) is 0 Å². The van der Waals surface area contributed by atoms with Crippen LogP contribution in [0.15, 0.2) is 0 Å². The summed E-state index contributed by atoms with van der Waals surface area (Å²) < 4.78 is 5.39. The van der Waals surface area contributed by atoms with Crippen molar-refractivity contribution in [2.75, 3.05) is 40.4 Å². The van der Waals surface area contributed by atoms with Gasteiger partial charge in [-0.3, -0.25) is 4.79 Å². The molecule has 1 fully saturated rings. The standard InChI is InChI=1S/C12H25N3O2/c1-12(13,10-4-5-10)11(16)14-6-8-17-9-7-15(2)3/h10H,4-9,13H2,1-3H3,(H,14,16). The summed E-state index contributed by atoms with van der Waals surface area (Å²) in [5.41, 5.74) is 5.28. The summed E-state index contributed by atoms with van der Waals surface area (Å²) >= 11 is 0. The molecule has 0 aliphatic heterocycles. The molecule has 0 aromatic carbocycles. The Kier molecular flexibility index (Phi) is 5.36. The summed E-state index contributed by atoms with van der Waals surface area (Å²) in [4.78, 5) is 13.8. The third-order valence-corrected chi connectivity index (χ3v) is 3.13. The molecule has 0 spiro atoms. The normalized spacial score (nSPS) is 19.1. The molecule has 0 aromatic heterocycles. The van der Waals surface area contributed by atoms with Gasteiger partial charge in [0.15, 0.2) is 0 Å². The van der Waals surface area contributed by atoms with E-state index in [2.05, 4.69) is 10.2 Å². The summed E-state index contributed by atoms with van der Waals surface area (Å²) in [5.74, 6) is 0.299. The molecule has 1 atom stereocenters. The average molecular weight is 243 g/mol. The van der Waals surface area contributed by atoms with E-state index in [1.165, 1.54) is 0 Å². The Hall–Kier alpha value is -0.650. The van der Waals surface area contributed by atoms with Crippen LogP contribution in [0.1, 0.15) is 19.8 Å². The molecule has 0 aromatic rings. The first kappa shape index (κ1) is 14.4. The zero-order valence-electron chi connectivity index (χ0n) is 11.2. The Bertz CT molecular complexity index is 250. The van der Waals surface area contributed by atoms with Crippen LogP contribution in [0.2, 0.25) is 0 Å². The smallest absolute Gasteiger partial charge is 0.240 e. The topological polar surface area (TPSA) is 67.6 Å². The maximum absolute atomic E-state index is 11.8. The zero-order chi connectivity index (χ0) is 12.9. The van der Waals surface area contributed by atoms with E-state index in [1.54, 1.807) is 0 Å². The Labute approximate surface area is 104 Å². The van der Waals surface area contributed by atoms with E-state index >= 15 is 0 Å². The fourth-order valence-corrected chi connectivity index (χ4v) is 1.64. The maximum Gasteiger partial charge on any atom is 0.240 e. The second kappa shape index (κ2) is 6.33. The van der Waals surface area contributed by atoms with Gasteiger partial charge < -0.3 is 20.7 Å². The van der Waals surface area contributed by atoms with Crippen molar-refractivity contribution in [1.82, 2.24) is 10.2 Å². The van der Waals surface area contributed by atoms with Gasteiger partial charge in [0, 0.05) is 13.1 Å². The van der Waals surface area contributed by atoms with Crippen LogP contribution in [0.3, 0.4) is 0 Å². The second-order valence-electron chi connectivity index (χ2n) is 5.23. The molecule has 5 heteroatoms. The zero-order valence-corrected chi connectivity index (χ0v) is 11.2. The molecule has 5 nitrogen and oxygen atoms in total. The molecule has 100 valence electrons. The molecule has 0 heterocycles. The number of amides is 1. The lowest BCUT2D eigenvalue weighted by Gasteiger charge is -2.23. The summed E-state index contributed by atoms with van der Waals surface area (Å²) in [7, 11) is 4.00. The average Bonchev–Trinajstić information content (AvgIpc) is 3.05. The molecule has 0 bridgehead atoms. The van der Waals surface area contributed by atoms with Crippen LogP contribution in [-0.4, -0.2) is 56.7 Å². The van der Waals surface area contributed by atoms with Crippen LogP contribution in [0.5, 0.6) is 0 Å². The van der Waals surface area contributed by atoms with Crippen molar-refractivity contribution in [3.8, 4) is 0 Å². The largest absolute Gasteiger partial charge is 0.378 e. The lowest BCUT2D eigenvalue weighted by atomic mass is 9.96. The predicted octanol–water partition coefficient (Wildman–Crippen LogP) is -0.192. The molecular formula is C12H25N3O2. The highest BCUT2D eigenvalue weighted by molar-refractivity contribution is 5.86. The van der Waals surface area contributed by atoms with E-state index in [0.29, 0.717) is 25.7 Å². The number of nitrogens with one attached hydrogen (secondary N) is 1. The van der Waals surface area contributed by atoms with E-state index in [-0.39, 0.29) is 5.91 Å². The number of likely N-dealkylation sites (N-methyl/N-ethyl adjacent to an activating group) is 1. The number of hydrogen-bond acceptors (Lipinski definition) is 4. The van der Waals surface area contributed by atoms with Gasteiger partial charge in [-0.2, -0.15) is 0 Å². The van der Waals surface area contributed by atoms with Gasteiger partial charge in [-0.15, -0.1) is 0 Å².